The standard InChI is InChI=1S/C22H27N5O/c1-17(9-10-19-7-5-4-6-8-19)25-22(28)26(3)18(2)20-11-13-21(14-12-20)27-16-23-15-24-27/h4-8,11-18H,9-10H2,1-3H3,(H,25,28). The number of amides is 2. The van der Waals surface area contributed by atoms with Crippen molar-refractivity contribution in [1.29, 1.82) is 0 Å². The molecule has 0 spiro atoms. The van der Waals surface area contributed by atoms with Crippen LogP contribution in [-0.4, -0.2) is 38.8 Å². The Bertz CT molecular complexity index is 862. The van der Waals surface area contributed by atoms with Crippen molar-refractivity contribution in [3.05, 3.63) is 78.4 Å². The van der Waals surface area contributed by atoms with Crippen molar-refractivity contribution in [3.8, 4) is 5.69 Å². The van der Waals surface area contributed by atoms with Crippen molar-refractivity contribution >= 4 is 6.03 Å². The molecular weight excluding hydrogens is 350 g/mol. The third-order valence-corrected chi connectivity index (χ3v) is 5.04. The van der Waals surface area contributed by atoms with E-state index in [1.165, 1.54) is 11.9 Å². The lowest BCUT2D eigenvalue weighted by atomic mass is 10.1. The molecule has 2 atom stereocenters. The van der Waals surface area contributed by atoms with Crippen LogP contribution < -0.4 is 5.32 Å². The van der Waals surface area contributed by atoms with Gasteiger partial charge in [0.1, 0.15) is 12.7 Å². The number of aryl methyl sites for hydroxylation is 1. The van der Waals surface area contributed by atoms with Gasteiger partial charge >= 0.3 is 6.03 Å². The molecule has 0 fully saturated rings. The van der Waals surface area contributed by atoms with Crippen molar-refractivity contribution in [1.82, 2.24) is 25.0 Å². The maximum atomic E-state index is 12.6. The summed E-state index contributed by atoms with van der Waals surface area (Å²) in [5, 5.41) is 7.23. The average molecular weight is 377 g/mol. The first-order chi connectivity index (χ1) is 13.5. The second kappa shape index (κ2) is 9.17. The number of benzene rings is 2. The van der Waals surface area contributed by atoms with Gasteiger partial charge in [-0.25, -0.2) is 14.5 Å². The molecule has 0 aliphatic carbocycles. The Hall–Kier alpha value is -3.15. The number of nitrogens with one attached hydrogen (secondary N) is 1. The van der Waals surface area contributed by atoms with Gasteiger partial charge in [0, 0.05) is 13.1 Å². The van der Waals surface area contributed by atoms with Crippen LogP contribution in [0.1, 0.15) is 37.4 Å². The molecule has 2 unspecified atom stereocenters. The molecule has 0 aliphatic rings. The molecule has 1 heterocycles. The zero-order valence-electron chi connectivity index (χ0n) is 16.6. The van der Waals surface area contributed by atoms with E-state index in [0.29, 0.717) is 0 Å². The third-order valence-electron chi connectivity index (χ3n) is 5.04. The minimum absolute atomic E-state index is 0.0360. The van der Waals surface area contributed by atoms with Crippen LogP contribution in [0.2, 0.25) is 0 Å². The number of hydrogen-bond donors (Lipinski definition) is 1. The summed E-state index contributed by atoms with van der Waals surface area (Å²) in [6, 6.07) is 18.3. The molecule has 1 N–H and O–H groups in total. The van der Waals surface area contributed by atoms with Crippen LogP contribution in [0.15, 0.2) is 67.3 Å². The second-order valence-corrected chi connectivity index (χ2v) is 7.09. The molecule has 1 aromatic heterocycles. The van der Waals surface area contributed by atoms with E-state index in [9.17, 15) is 4.79 Å². The Kier molecular flexibility index (Phi) is 6.42. The van der Waals surface area contributed by atoms with E-state index in [1.807, 2.05) is 63.4 Å². The molecule has 2 amide bonds. The van der Waals surface area contributed by atoms with Crippen molar-refractivity contribution < 1.29 is 4.79 Å². The first-order valence-electron chi connectivity index (χ1n) is 9.57. The zero-order chi connectivity index (χ0) is 19.9. The minimum atomic E-state index is -0.0617. The Morgan fingerprint density at radius 1 is 1.11 bits per heavy atom. The molecule has 0 saturated heterocycles. The van der Waals surface area contributed by atoms with Gasteiger partial charge in [0.15, 0.2) is 0 Å². The summed E-state index contributed by atoms with van der Waals surface area (Å²) in [5.41, 5.74) is 3.30. The highest BCUT2D eigenvalue weighted by atomic mass is 16.2. The quantitative estimate of drug-likeness (QED) is 0.677. The van der Waals surface area contributed by atoms with Crippen molar-refractivity contribution in [3.63, 3.8) is 0 Å². The molecule has 2 aromatic carbocycles. The average Bonchev–Trinajstić information content (AvgIpc) is 3.27. The summed E-state index contributed by atoms with van der Waals surface area (Å²) in [4.78, 5) is 18.3. The number of hydrogen-bond acceptors (Lipinski definition) is 3. The summed E-state index contributed by atoms with van der Waals surface area (Å²) in [5.74, 6) is 0. The van der Waals surface area contributed by atoms with Gasteiger partial charge in [0.25, 0.3) is 0 Å². The fraction of sp³-hybridized carbons (Fsp3) is 0.318. The summed E-state index contributed by atoms with van der Waals surface area (Å²) in [6.07, 6.45) is 5.03. The van der Waals surface area contributed by atoms with E-state index in [1.54, 1.807) is 15.9 Å². The van der Waals surface area contributed by atoms with Crippen LogP contribution in [0.5, 0.6) is 0 Å². The van der Waals surface area contributed by atoms with E-state index >= 15 is 0 Å². The highest BCUT2D eigenvalue weighted by molar-refractivity contribution is 5.74. The molecule has 0 bridgehead atoms. The number of rotatable bonds is 7. The van der Waals surface area contributed by atoms with E-state index in [-0.39, 0.29) is 18.1 Å². The number of nitrogens with zero attached hydrogens (tertiary/aromatic N) is 4. The van der Waals surface area contributed by atoms with Gasteiger partial charge in [-0.3, -0.25) is 0 Å². The van der Waals surface area contributed by atoms with E-state index in [4.69, 9.17) is 0 Å². The smallest absolute Gasteiger partial charge is 0.317 e. The molecule has 3 aromatic rings. The zero-order valence-corrected chi connectivity index (χ0v) is 16.6. The first kappa shape index (κ1) is 19.6. The van der Waals surface area contributed by atoms with Crippen LogP contribution >= 0.6 is 0 Å². The maximum Gasteiger partial charge on any atom is 0.317 e. The molecule has 0 radical (unpaired) electrons. The predicted octanol–water partition coefficient (Wildman–Crippen LogP) is 3.99. The van der Waals surface area contributed by atoms with Crippen LogP contribution in [0, 0.1) is 0 Å². The Morgan fingerprint density at radius 3 is 2.46 bits per heavy atom. The van der Waals surface area contributed by atoms with Crippen LogP contribution in [0.4, 0.5) is 4.79 Å². The van der Waals surface area contributed by atoms with Crippen molar-refractivity contribution in [2.45, 2.75) is 38.8 Å². The van der Waals surface area contributed by atoms with Crippen LogP contribution in [0.3, 0.4) is 0 Å². The first-order valence-corrected chi connectivity index (χ1v) is 9.57. The Labute approximate surface area is 166 Å². The molecule has 28 heavy (non-hydrogen) atoms. The van der Waals surface area contributed by atoms with E-state index < -0.39 is 0 Å². The van der Waals surface area contributed by atoms with Crippen molar-refractivity contribution in [2.75, 3.05) is 7.05 Å². The highest BCUT2D eigenvalue weighted by Gasteiger charge is 2.19. The van der Waals surface area contributed by atoms with Gasteiger partial charge in [0.05, 0.1) is 11.7 Å². The van der Waals surface area contributed by atoms with Gasteiger partial charge in [-0.15, -0.1) is 0 Å². The van der Waals surface area contributed by atoms with Gasteiger partial charge < -0.3 is 10.2 Å². The van der Waals surface area contributed by atoms with E-state index in [0.717, 1.165) is 24.1 Å². The second-order valence-electron chi connectivity index (χ2n) is 7.09. The lowest BCUT2D eigenvalue weighted by molar-refractivity contribution is 0.190. The van der Waals surface area contributed by atoms with E-state index in [2.05, 4.69) is 27.5 Å². The lowest BCUT2D eigenvalue weighted by Crippen LogP contribution is -2.43. The van der Waals surface area contributed by atoms with Crippen molar-refractivity contribution in [2.24, 2.45) is 0 Å². The maximum absolute atomic E-state index is 12.6. The molecule has 0 saturated carbocycles. The molecule has 3 rings (SSSR count). The highest BCUT2D eigenvalue weighted by Crippen LogP contribution is 2.20. The van der Waals surface area contributed by atoms with Crippen LogP contribution in [-0.2, 0) is 6.42 Å². The summed E-state index contributed by atoms with van der Waals surface area (Å²) >= 11 is 0. The molecule has 6 heteroatoms. The molecular formula is C22H27N5O. The largest absolute Gasteiger partial charge is 0.336 e. The fourth-order valence-electron chi connectivity index (χ4n) is 3.06. The lowest BCUT2D eigenvalue weighted by Gasteiger charge is -2.27. The normalized spacial score (nSPS) is 13.0. The summed E-state index contributed by atoms with van der Waals surface area (Å²) in [6.45, 7) is 4.07. The number of carbonyl (C=O) groups is 1. The van der Waals surface area contributed by atoms with Gasteiger partial charge in [-0.2, -0.15) is 5.10 Å². The predicted molar refractivity (Wildman–Crippen MR) is 110 cm³/mol. The third kappa shape index (κ3) is 4.97. The summed E-state index contributed by atoms with van der Waals surface area (Å²) < 4.78 is 1.71. The fourth-order valence-corrected chi connectivity index (χ4v) is 3.06. The monoisotopic (exact) mass is 377 g/mol. The summed E-state index contributed by atoms with van der Waals surface area (Å²) in [7, 11) is 1.83. The minimum Gasteiger partial charge on any atom is -0.336 e. The number of carbonyl (C=O) groups excluding carboxylic acids is 1. The Morgan fingerprint density at radius 2 is 1.82 bits per heavy atom. The number of aromatic nitrogens is 3. The Balaban J connectivity index is 1.53. The number of urea groups is 1. The molecule has 6 nitrogen and oxygen atoms in total. The van der Waals surface area contributed by atoms with Gasteiger partial charge in [0.2, 0.25) is 0 Å². The van der Waals surface area contributed by atoms with Crippen LogP contribution in [0.25, 0.3) is 5.69 Å². The SMILES string of the molecule is CC(CCc1ccccc1)NC(=O)N(C)C(C)c1ccc(-n2cncn2)cc1. The topological polar surface area (TPSA) is 63.1 Å². The van der Waals surface area contributed by atoms with Gasteiger partial charge in [-0.1, -0.05) is 42.5 Å². The van der Waals surface area contributed by atoms with Gasteiger partial charge in [-0.05, 0) is 49.9 Å². The molecule has 146 valence electrons. The molecule has 0 aliphatic heterocycles.